The molecule has 7 nitrogen and oxygen atoms in total. The van der Waals surface area contributed by atoms with Crippen molar-refractivity contribution in [2.24, 2.45) is 0 Å². The van der Waals surface area contributed by atoms with E-state index in [0.717, 1.165) is 16.5 Å². The number of aromatic amines is 1. The number of benzene rings is 1. The van der Waals surface area contributed by atoms with E-state index in [1.165, 1.54) is 0 Å². The van der Waals surface area contributed by atoms with Crippen LogP contribution in [0.25, 0.3) is 22.3 Å². The van der Waals surface area contributed by atoms with Gasteiger partial charge in [-0.15, -0.1) is 10.2 Å². The van der Waals surface area contributed by atoms with Gasteiger partial charge >= 0.3 is 0 Å². The van der Waals surface area contributed by atoms with Crippen LogP contribution in [0.3, 0.4) is 0 Å². The zero-order chi connectivity index (χ0) is 17.8. The van der Waals surface area contributed by atoms with Crippen LogP contribution in [-0.2, 0) is 0 Å². The Labute approximate surface area is 144 Å². The number of nitrogens with zero attached hydrogens (tertiary/aromatic N) is 4. The van der Waals surface area contributed by atoms with Crippen molar-refractivity contribution in [3.05, 3.63) is 54.3 Å². The van der Waals surface area contributed by atoms with E-state index >= 15 is 0 Å². The highest BCUT2D eigenvalue weighted by atomic mass is 16.3. The number of hydrogen-bond acceptors (Lipinski definition) is 5. The Morgan fingerprint density at radius 3 is 2.88 bits per heavy atom. The number of allylic oxidation sites excluding steroid dienone is 2. The minimum atomic E-state index is -0.606. The van der Waals surface area contributed by atoms with Crippen LogP contribution in [-0.4, -0.2) is 42.3 Å². The number of carbonyl (C=O) groups excluding carboxylic acids is 1. The van der Waals surface area contributed by atoms with Crippen molar-refractivity contribution in [3.63, 3.8) is 0 Å². The number of H-pyrrole nitrogens is 1. The molecule has 2 aromatic heterocycles. The number of nitrogens with one attached hydrogen (secondary N) is 1. The average Bonchev–Trinajstić information content (AvgIpc) is 3.32. The van der Waals surface area contributed by atoms with Crippen LogP contribution in [0.4, 0.5) is 0 Å². The van der Waals surface area contributed by atoms with Gasteiger partial charge in [-0.05, 0) is 29.5 Å². The Morgan fingerprint density at radius 1 is 1.32 bits per heavy atom. The number of fused-ring (bicyclic) bond motifs is 1. The molecule has 0 fully saturated rings. The molecule has 7 heteroatoms. The molecule has 1 aliphatic carbocycles. The third-order valence-electron chi connectivity index (χ3n) is 3.85. The summed E-state index contributed by atoms with van der Waals surface area (Å²) in [5.74, 6) is 0.380. The fourth-order valence-electron chi connectivity index (χ4n) is 2.72. The number of hydrogen-bond donors (Lipinski definition) is 2. The number of aliphatic hydroxyl groups is 1. The molecule has 0 radical (unpaired) electrons. The second-order valence-electron chi connectivity index (χ2n) is 5.35. The van der Waals surface area contributed by atoms with Crippen molar-refractivity contribution in [1.29, 1.82) is 0 Å². The molecule has 2 N–H and O–H groups in total. The van der Waals surface area contributed by atoms with Crippen molar-refractivity contribution in [1.82, 2.24) is 25.2 Å². The van der Waals surface area contributed by atoms with Crippen molar-refractivity contribution < 1.29 is 9.90 Å². The maximum atomic E-state index is 12.6. The SMILES string of the molecule is CC.O=C(C1=CC=CC(O)C1)n1ccc2cc(-c3nn[nH]n3)ccc21. The Bertz CT molecular complexity index is 938. The molecule has 3 aromatic rings. The zero-order valence-corrected chi connectivity index (χ0v) is 14.0. The van der Waals surface area contributed by atoms with Gasteiger partial charge in [0.25, 0.3) is 5.91 Å². The van der Waals surface area contributed by atoms with E-state index < -0.39 is 6.10 Å². The third kappa shape index (κ3) is 3.27. The molecular weight excluding hydrogens is 318 g/mol. The van der Waals surface area contributed by atoms with Gasteiger partial charge in [-0.3, -0.25) is 9.36 Å². The summed E-state index contributed by atoms with van der Waals surface area (Å²) in [6.07, 6.45) is 6.58. The van der Waals surface area contributed by atoms with Crippen molar-refractivity contribution >= 4 is 16.8 Å². The molecule has 0 saturated carbocycles. The number of aromatic nitrogens is 5. The summed E-state index contributed by atoms with van der Waals surface area (Å²) < 4.78 is 1.59. The predicted molar refractivity (Wildman–Crippen MR) is 94.9 cm³/mol. The minimum absolute atomic E-state index is 0.129. The normalized spacial score (nSPS) is 16.3. The number of rotatable bonds is 2. The lowest BCUT2D eigenvalue weighted by atomic mass is 10.0. The molecule has 0 aliphatic heterocycles. The summed E-state index contributed by atoms with van der Waals surface area (Å²) in [6, 6.07) is 7.48. The Balaban J connectivity index is 0.000000880. The molecule has 2 heterocycles. The van der Waals surface area contributed by atoms with Gasteiger partial charge < -0.3 is 5.11 Å². The van der Waals surface area contributed by atoms with E-state index in [1.807, 2.05) is 38.1 Å². The molecule has 1 aliphatic rings. The molecule has 25 heavy (non-hydrogen) atoms. The molecule has 128 valence electrons. The monoisotopic (exact) mass is 337 g/mol. The van der Waals surface area contributed by atoms with Gasteiger partial charge in [-0.2, -0.15) is 5.21 Å². The predicted octanol–water partition coefficient (Wildman–Crippen LogP) is 2.74. The molecule has 0 spiro atoms. The first-order valence-electron chi connectivity index (χ1n) is 8.17. The maximum Gasteiger partial charge on any atom is 0.258 e. The van der Waals surface area contributed by atoms with Crippen LogP contribution in [0, 0.1) is 0 Å². The first-order valence-corrected chi connectivity index (χ1v) is 8.17. The Morgan fingerprint density at radius 2 is 2.16 bits per heavy atom. The highest BCUT2D eigenvalue weighted by Crippen LogP contribution is 2.24. The fraction of sp³-hybridized carbons (Fsp3) is 0.222. The number of carbonyl (C=O) groups is 1. The van der Waals surface area contributed by atoms with E-state index in [2.05, 4.69) is 20.6 Å². The molecule has 1 unspecified atom stereocenters. The highest BCUT2D eigenvalue weighted by Gasteiger charge is 2.18. The van der Waals surface area contributed by atoms with E-state index in [4.69, 9.17) is 0 Å². The summed E-state index contributed by atoms with van der Waals surface area (Å²) in [6.45, 7) is 4.00. The highest BCUT2D eigenvalue weighted by molar-refractivity contribution is 6.02. The maximum absolute atomic E-state index is 12.6. The van der Waals surface area contributed by atoms with Gasteiger partial charge in [-0.25, -0.2) is 0 Å². The average molecular weight is 337 g/mol. The van der Waals surface area contributed by atoms with Gasteiger partial charge in [0.15, 0.2) is 0 Å². The molecule has 0 saturated heterocycles. The van der Waals surface area contributed by atoms with E-state index in [9.17, 15) is 9.90 Å². The van der Waals surface area contributed by atoms with E-state index in [1.54, 1.807) is 29.0 Å². The Hall–Kier alpha value is -3.06. The Kier molecular flexibility index (Phi) is 4.85. The van der Waals surface area contributed by atoms with Crippen molar-refractivity contribution in [3.8, 4) is 11.4 Å². The van der Waals surface area contributed by atoms with E-state index in [0.29, 0.717) is 17.8 Å². The molecular formula is C18H19N5O2. The summed E-state index contributed by atoms with van der Waals surface area (Å²) >= 11 is 0. The summed E-state index contributed by atoms with van der Waals surface area (Å²) in [4.78, 5) is 12.6. The van der Waals surface area contributed by atoms with Gasteiger partial charge in [0, 0.05) is 29.1 Å². The minimum Gasteiger partial charge on any atom is -0.389 e. The van der Waals surface area contributed by atoms with Crippen LogP contribution in [0.15, 0.2) is 54.3 Å². The standard InChI is InChI=1S/C16H13N5O2.C2H6/c22-13-3-1-2-12(9-13)16(23)21-7-6-10-8-11(4-5-14(10)21)15-17-19-20-18-15;1-2/h1-8,13,22H,9H2,(H,17,18,19,20);1-2H3. The van der Waals surface area contributed by atoms with Crippen molar-refractivity contribution in [2.75, 3.05) is 0 Å². The van der Waals surface area contributed by atoms with Crippen LogP contribution in [0.2, 0.25) is 0 Å². The van der Waals surface area contributed by atoms with Gasteiger partial charge in [0.2, 0.25) is 5.82 Å². The van der Waals surface area contributed by atoms with Crippen LogP contribution in [0.1, 0.15) is 25.1 Å². The zero-order valence-electron chi connectivity index (χ0n) is 14.0. The second-order valence-corrected chi connectivity index (χ2v) is 5.35. The molecule has 1 aromatic carbocycles. The lowest BCUT2D eigenvalue weighted by Gasteiger charge is -2.13. The van der Waals surface area contributed by atoms with Crippen LogP contribution < -0.4 is 0 Å². The van der Waals surface area contributed by atoms with E-state index in [-0.39, 0.29) is 5.91 Å². The molecule has 0 amide bonds. The molecule has 4 rings (SSSR count). The van der Waals surface area contributed by atoms with Gasteiger partial charge in [0.05, 0.1) is 11.6 Å². The summed E-state index contributed by atoms with van der Waals surface area (Å²) in [5, 5.41) is 24.4. The first kappa shape index (κ1) is 16.8. The van der Waals surface area contributed by atoms with Crippen LogP contribution in [0.5, 0.6) is 0 Å². The lowest BCUT2D eigenvalue weighted by molar-refractivity contribution is 0.0945. The first-order chi connectivity index (χ1) is 12.2. The van der Waals surface area contributed by atoms with Gasteiger partial charge in [-0.1, -0.05) is 32.1 Å². The number of aliphatic hydroxyl groups excluding tert-OH is 1. The fourth-order valence-corrected chi connectivity index (χ4v) is 2.72. The van der Waals surface area contributed by atoms with Crippen LogP contribution >= 0.6 is 0 Å². The molecule has 1 atom stereocenters. The third-order valence-corrected chi connectivity index (χ3v) is 3.85. The summed E-state index contributed by atoms with van der Waals surface area (Å²) in [5.41, 5.74) is 2.21. The number of tetrazole rings is 1. The topological polar surface area (TPSA) is 96.7 Å². The second kappa shape index (κ2) is 7.23. The quantitative estimate of drug-likeness (QED) is 0.749. The smallest absolute Gasteiger partial charge is 0.258 e. The van der Waals surface area contributed by atoms with Crippen molar-refractivity contribution in [2.45, 2.75) is 26.4 Å². The lowest BCUT2D eigenvalue weighted by Crippen LogP contribution is -2.18. The summed E-state index contributed by atoms with van der Waals surface area (Å²) in [7, 11) is 0. The van der Waals surface area contributed by atoms with Gasteiger partial charge in [0.1, 0.15) is 0 Å². The molecule has 0 bridgehead atoms. The largest absolute Gasteiger partial charge is 0.389 e.